The Labute approximate surface area is 170 Å². The van der Waals surface area contributed by atoms with E-state index in [4.69, 9.17) is 11.6 Å². The minimum Gasteiger partial charge on any atom is -0.368 e. The van der Waals surface area contributed by atoms with Gasteiger partial charge in [-0.1, -0.05) is 29.3 Å². The number of hydrogen-bond acceptors (Lipinski definition) is 5. The van der Waals surface area contributed by atoms with E-state index in [1.165, 1.54) is 16.8 Å². The van der Waals surface area contributed by atoms with E-state index in [0.29, 0.717) is 0 Å². The lowest BCUT2D eigenvalue weighted by Gasteiger charge is -2.37. The van der Waals surface area contributed by atoms with Crippen molar-refractivity contribution in [2.75, 3.05) is 36.0 Å². The van der Waals surface area contributed by atoms with Crippen LogP contribution >= 0.6 is 11.6 Å². The molecule has 0 unspecified atom stereocenters. The summed E-state index contributed by atoms with van der Waals surface area (Å²) >= 11 is 6.21. The molecule has 1 saturated heterocycles. The predicted octanol–water partition coefficient (Wildman–Crippen LogP) is 4.15. The second-order valence-corrected chi connectivity index (χ2v) is 7.92. The lowest BCUT2D eigenvalue weighted by atomic mass is 10.1. The van der Waals surface area contributed by atoms with E-state index >= 15 is 0 Å². The van der Waals surface area contributed by atoms with E-state index in [1.54, 1.807) is 6.33 Å². The molecule has 7 heteroatoms. The number of hydrogen-bond donors (Lipinski definition) is 1. The van der Waals surface area contributed by atoms with Gasteiger partial charge in [0.15, 0.2) is 5.65 Å². The van der Waals surface area contributed by atoms with Crippen LogP contribution in [0.5, 0.6) is 0 Å². The van der Waals surface area contributed by atoms with E-state index < -0.39 is 0 Å². The van der Waals surface area contributed by atoms with Crippen molar-refractivity contribution in [3.05, 3.63) is 52.5 Å². The molecule has 0 bridgehead atoms. The summed E-state index contributed by atoms with van der Waals surface area (Å²) in [4.78, 5) is 13.7. The first-order valence-electron chi connectivity index (χ1n) is 9.60. The number of benzene rings is 1. The molecule has 0 aliphatic carbocycles. The number of H-pyrrole nitrogens is 1. The molecule has 1 aliphatic rings. The van der Waals surface area contributed by atoms with Gasteiger partial charge in [0, 0.05) is 43.3 Å². The van der Waals surface area contributed by atoms with Gasteiger partial charge in [0.1, 0.15) is 12.1 Å². The summed E-state index contributed by atoms with van der Waals surface area (Å²) in [6, 6.07) is 6.09. The summed E-state index contributed by atoms with van der Waals surface area (Å²) in [6.07, 6.45) is 4.59. The third-order valence-electron chi connectivity index (χ3n) is 5.21. The zero-order valence-electron chi connectivity index (χ0n) is 16.5. The number of nitrogens with one attached hydrogen (secondary N) is 1. The fourth-order valence-corrected chi connectivity index (χ4v) is 3.84. The molecule has 28 heavy (non-hydrogen) atoms. The van der Waals surface area contributed by atoms with Gasteiger partial charge in [-0.15, -0.1) is 0 Å². The highest BCUT2D eigenvalue weighted by Crippen LogP contribution is 2.29. The van der Waals surface area contributed by atoms with Crippen LogP contribution in [0.3, 0.4) is 0 Å². The lowest BCUT2D eigenvalue weighted by Crippen LogP contribution is -2.47. The number of aromatic nitrogens is 4. The molecule has 3 heterocycles. The second-order valence-electron chi connectivity index (χ2n) is 7.48. The van der Waals surface area contributed by atoms with Gasteiger partial charge in [0.25, 0.3) is 0 Å². The molecular weight excluding hydrogens is 372 g/mol. The Morgan fingerprint density at radius 1 is 1.14 bits per heavy atom. The summed E-state index contributed by atoms with van der Waals surface area (Å²) < 4.78 is 0. The molecule has 1 fully saturated rings. The monoisotopic (exact) mass is 396 g/mol. The van der Waals surface area contributed by atoms with Crippen molar-refractivity contribution >= 4 is 34.1 Å². The Hall–Kier alpha value is -2.60. The zero-order valence-corrected chi connectivity index (χ0v) is 17.3. The molecule has 0 spiro atoms. The largest absolute Gasteiger partial charge is 0.368 e. The number of aryl methyl sites for hydroxylation is 1. The normalized spacial score (nSPS) is 14.6. The van der Waals surface area contributed by atoms with Crippen LogP contribution in [0.15, 0.2) is 36.2 Å². The lowest BCUT2D eigenvalue weighted by molar-refractivity contribution is 0.647. The zero-order chi connectivity index (χ0) is 19.7. The minimum atomic E-state index is 0.780. The molecule has 1 N–H and O–H groups in total. The molecule has 2 aromatic heterocycles. The molecule has 1 aliphatic heterocycles. The van der Waals surface area contributed by atoms with Crippen molar-refractivity contribution in [2.45, 2.75) is 27.2 Å². The van der Waals surface area contributed by atoms with Gasteiger partial charge >= 0.3 is 0 Å². The highest BCUT2D eigenvalue weighted by molar-refractivity contribution is 6.30. The Kier molecular flexibility index (Phi) is 5.22. The summed E-state index contributed by atoms with van der Waals surface area (Å²) in [6.45, 7) is 9.97. The van der Waals surface area contributed by atoms with Crippen LogP contribution in [0.25, 0.3) is 11.0 Å². The van der Waals surface area contributed by atoms with E-state index in [0.717, 1.165) is 60.2 Å². The number of halogens is 1. The predicted molar refractivity (Wildman–Crippen MR) is 115 cm³/mol. The summed E-state index contributed by atoms with van der Waals surface area (Å²) in [5.74, 6) is 0.971. The molecule has 0 saturated carbocycles. The van der Waals surface area contributed by atoms with Crippen molar-refractivity contribution in [3.8, 4) is 0 Å². The van der Waals surface area contributed by atoms with Crippen LogP contribution in [0, 0.1) is 6.92 Å². The van der Waals surface area contributed by atoms with Gasteiger partial charge in [-0.25, -0.2) is 9.97 Å². The number of allylic oxidation sites excluding steroid dienone is 2. The van der Waals surface area contributed by atoms with E-state index in [1.807, 2.05) is 6.07 Å². The van der Waals surface area contributed by atoms with Crippen LogP contribution in [0.1, 0.15) is 25.1 Å². The van der Waals surface area contributed by atoms with E-state index in [-0.39, 0.29) is 0 Å². The van der Waals surface area contributed by atoms with Gasteiger partial charge in [0.05, 0.1) is 11.1 Å². The second kappa shape index (κ2) is 7.80. The van der Waals surface area contributed by atoms with Crippen LogP contribution in [0.2, 0.25) is 5.02 Å². The minimum absolute atomic E-state index is 0.780. The summed E-state index contributed by atoms with van der Waals surface area (Å²) in [5.41, 5.74) is 5.55. The highest BCUT2D eigenvalue weighted by Gasteiger charge is 2.23. The van der Waals surface area contributed by atoms with Crippen molar-refractivity contribution < 1.29 is 0 Å². The molecule has 3 aromatic rings. The molecule has 4 rings (SSSR count). The maximum Gasteiger partial charge on any atom is 0.161 e. The van der Waals surface area contributed by atoms with Crippen molar-refractivity contribution in [1.82, 2.24) is 20.2 Å². The molecule has 0 atom stereocenters. The van der Waals surface area contributed by atoms with Crippen molar-refractivity contribution in [2.24, 2.45) is 0 Å². The first-order chi connectivity index (χ1) is 13.5. The fraction of sp³-hybridized carbons (Fsp3) is 0.381. The topological polar surface area (TPSA) is 60.9 Å². The van der Waals surface area contributed by atoms with Gasteiger partial charge in [-0.05, 0) is 38.5 Å². The summed E-state index contributed by atoms with van der Waals surface area (Å²) in [7, 11) is 0. The average Bonchev–Trinajstić information content (AvgIpc) is 3.12. The maximum absolute atomic E-state index is 6.21. The molecule has 0 radical (unpaired) electrons. The Bertz CT molecular complexity index is 1010. The number of fused-ring (bicyclic) bond motifs is 1. The average molecular weight is 397 g/mol. The molecule has 6 nitrogen and oxygen atoms in total. The van der Waals surface area contributed by atoms with Crippen LogP contribution in [-0.4, -0.2) is 46.3 Å². The maximum atomic E-state index is 6.21. The fourth-order valence-electron chi connectivity index (χ4n) is 3.67. The van der Waals surface area contributed by atoms with Crippen LogP contribution in [0.4, 0.5) is 11.5 Å². The molecule has 1 aromatic carbocycles. The van der Waals surface area contributed by atoms with E-state index in [2.05, 4.69) is 68.9 Å². The van der Waals surface area contributed by atoms with Crippen molar-refractivity contribution in [1.29, 1.82) is 0 Å². The van der Waals surface area contributed by atoms with Gasteiger partial charge in [-0.3, -0.25) is 5.10 Å². The van der Waals surface area contributed by atoms with Crippen LogP contribution < -0.4 is 9.80 Å². The Morgan fingerprint density at radius 2 is 1.89 bits per heavy atom. The van der Waals surface area contributed by atoms with Crippen molar-refractivity contribution in [3.63, 3.8) is 0 Å². The highest BCUT2D eigenvalue weighted by atomic mass is 35.5. The SMILES string of the molecule is CC(C)=CCc1n[nH]c2ncnc(N3CCN(c4cc(Cl)ccc4C)CC3)c12. The molecular formula is C21H25ClN6. The molecule has 0 amide bonds. The third-order valence-corrected chi connectivity index (χ3v) is 5.44. The van der Waals surface area contributed by atoms with Gasteiger partial charge < -0.3 is 9.80 Å². The summed E-state index contributed by atoms with van der Waals surface area (Å²) in [5, 5.41) is 9.36. The number of aromatic amines is 1. The van der Waals surface area contributed by atoms with E-state index in [9.17, 15) is 0 Å². The van der Waals surface area contributed by atoms with Gasteiger partial charge in [-0.2, -0.15) is 5.10 Å². The third kappa shape index (κ3) is 3.69. The first-order valence-corrected chi connectivity index (χ1v) is 9.98. The quantitative estimate of drug-likeness (QED) is 0.671. The Morgan fingerprint density at radius 3 is 2.64 bits per heavy atom. The van der Waals surface area contributed by atoms with Gasteiger partial charge in [0.2, 0.25) is 0 Å². The standard InChI is InChI=1S/C21H25ClN6/c1-14(2)4-7-17-19-20(26-25-17)23-13-24-21(19)28-10-8-27(9-11-28)18-12-16(22)6-5-15(18)3/h4-6,12-13H,7-11H2,1-3H3,(H,23,24,25,26). The first kappa shape index (κ1) is 18.7. The van der Waals surface area contributed by atoms with Crippen LogP contribution in [-0.2, 0) is 6.42 Å². The number of rotatable bonds is 4. The number of piperazine rings is 1. The number of nitrogens with zero attached hydrogens (tertiary/aromatic N) is 5. The molecule has 146 valence electrons. The Balaban J connectivity index is 1.58. The smallest absolute Gasteiger partial charge is 0.161 e. The number of anilines is 2.